The van der Waals surface area contributed by atoms with Gasteiger partial charge in [0.1, 0.15) is 0 Å². The number of ether oxygens (including phenoxy) is 3. The average Bonchev–Trinajstić information content (AvgIpc) is 2.98. The highest BCUT2D eigenvalue weighted by molar-refractivity contribution is 8.02. The summed E-state index contributed by atoms with van der Waals surface area (Å²) in [5.74, 6) is -3.39. The zero-order chi connectivity index (χ0) is 33.0. The van der Waals surface area contributed by atoms with Crippen LogP contribution in [0.5, 0.6) is 0 Å². The molecule has 43 heavy (non-hydrogen) atoms. The minimum Gasteiger partial charge on any atom is -0.481 e. The van der Waals surface area contributed by atoms with E-state index in [-0.39, 0.29) is 23.3 Å². The Bertz CT molecular complexity index is 943. The van der Waals surface area contributed by atoms with Gasteiger partial charge in [-0.2, -0.15) is 23.5 Å². The number of thioether (sulfide) groups is 2. The molecule has 12 nitrogen and oxygen atoms in total. The number of hydrogen-bond acceptors (Lipinski definition) is 11. The quantitative estimate of drug-likeness (QED) is 0.0953. The number of carboxylic acids is 1. The summed E-state index contributed by atoms with van der Waals surface area (Å²) in [6, 6.07) is 0. The molecule has 6 unspecified atom stereocenters. The fourth-order valence-electron chi connectivity index (χ4n) is 4.77. The molecule has 0 aromatic rings. The number of hydrogen-bond donors (Lipinski definition) is 3. The first-order valence-corrected chi connectivity index (χ1v) is 18.8. The van der Waals surface area contributed by atoms with Crippen molar-refractivity contribution >= 4 is 57.1 Å². The van der Waals surface area contributed by atoms with Crippen LogP contribution in [0.4, 0.5) is 0 Å². The van der Waals surface area contributed by atoms with Gasteiger partial charge in [-0.25, -0.2) is 8.42 Å². The summed E-state index contributed by atoms with van der Waals surface area (Å²) in [7, 11) is 0.967. The van der Waals surface area contributed by atoms with Gasteiger partial charge in [0.2, 0.25) is 11.8 Å². The van der Waals surface area contributed by atoms with Crippen LogP contribution in [0.25, 0.3) is 0 Å². The van der Waals surface area contributed by atoms with Gasteiger partial charge in [0.05, 0.1) is 54.5 Å². The molecule has 0 radical (unpaired) electrons. The van der Waals surface area contributed by atoms with Gasteiger partial charge in [0.25, 0.3) is 0 Å². The van der Waals surface area contributed by atoms with Gasteiger partial charge in [-0.3, -0.25) is 19.2 Å². The minimum atomic E-state index is -3.26. The maximum atomic E-state index is 12.8. The van der Waals surface area contributed by atoms with Crippen LogP contribution in [0.1, 0.15) is 47.0 Å². The Morgan fingerprint density at radius 2 is 1.21 bits per heavy atom. The molecule has 6 atom stereocenters. The van der Waals surface area contributed by atoms with Crippen LogP contribution in [-0.4, -0.2) is 118 Å². The van der Waals surface area contributed by atoms with Gasteiger partial charge in [0, 0.05) is 50.3 Å². The number of amides is 2. The summed E-state index contributed by atoms with van der Waals surface area (Å²) in [6.07, 6.45) is 0.470. The normalized spacial score (nSPS) is 15.9. The van der Waals surface area contributed by atoms with Gasteiger partial charge < -0.3 is 30.0 Å². The van der Waals surface area contributed by atoms with Crippen LogP contribution in [-0.2, 0) is 43.2 Å². The van der Waals surface area contributed by atoms with E-state index in [1.807, 2.05) is 13.8 Å². The SMILES string of the molecule is CCC(OC)C(C(=O)O)C(C)C(=O)NCCSCCS(=O)(=O)CCSCCNC(=O)C(CC)C(C(=O)OC)C(CC)OC. The summed E-state index contributed by atoms with van der Waals surface area (Å²) in [5.41, 5.74) is 0. The van der Waals surface area contributed by atoms with E-state index in [1.165, 1.54) is 44.9 Å². The van der Waals surface area contributed by atoms with Crippen molar-refractivity contribution in [1.29, 1.82) is 0 Å². The predicted molar refractivity (Wildman–Crippen MR) is 171 cm³/mol. The molecule has 252 valence electrons. The lowest BCUT2D eigenvalue weighted by atomic mass is 9.83. The number of carbonyl (C=O) groups is 4. The van der Waals surface area contributed by atoms with Crippen LogP contribution in [0.2, 0.25) is 0 Å². The number of rotatable bonds is 25. The summed E-state index contributed by atoms with van der Waals surface area (Å²) in [4.78, 5) is 49.2. The van der Waals surface area contributed by atoms with Gasteiger partial charge in [-0.1, -0.05) is 27.7 Å². The molecule has 0 aliphatic heterocycles. The standard InChI is InChI=1S/C28H52N2O10S3/c1-8-20(24(28(35)40-7)22(10-3)39-6)26(32)30-12-14-42-16-18-43(36,37)17-15-41-13-11-29-25(31)19(4)23(27(33)34)21(9-2)38-5/h19-24H,8-18H2,1-7H3,(H,29,31)(H,30,32)(H,33,34). The number of sulfone groups is 1. The average molecular weight is 673 g/mol. The first-order chi connectivity index (χ1) is 20.3. The molecule has 0 heterocycles. The molecule has 0 aromatic heterocycles. The molecule has 0 bridgehead atoms. The van der Waals surface area contributed by atoms with E-state index in [4.69, 9.17) is 14.2 Å². The van der Waals surface area contributed by atoms with Crippen molar-refractivity contribution in [2.75, 3.05) is 68.9 Å². The second kappa shape index (κ2) is 22.9. The first kappa shape index (κ1) is 41.4. The molecule has 0 saturated heterocycles. The van der Waals surface area contributed by atoms with E-state index in [9.17, 15) is 32.7 Å². The lowest BCUT2D eigenvalue weighted by Gasteiger charge is -2.29. The van der Waals surface area contributed by atoms with Crippen molar-refractivity contribution in [1.82, 2.24) is 10.6 Å². The Kier molecular flexibility index (Phi) is 22.1. The van der Waals surface area contributed by atoms with Crippen molar-refractivity contribution in [3.8, 4) is 0 Å². The maximum absolute atomic E-state index is 12.8. The summed E-state index contributed by atoms with van der Waals surface area (Å²) in [6.45, 7) is 7.72. The zero-order valence-corrected chi connectivity index (χ0v) is 29.0. The third kappa shape index (κ3) is 15.3. The third-order valence-electron chi connectivity index (χ3n) is 7.30. The molecule has 0 spiro atoms. The molecule has 0 aliphatic carbocycles. The van der Waals surface area contributed by atoms with Crippen LogP contribution in [0.3, 0.4) is 0 Å². The Morgan fingerprint density at radius 3 is 1.60 bits per heavy atom. The van der Waals surface area contributed by atoms with Gasteiger partial charge >= 0.3 is 11.9 Å². The zero-order valence-electron chi connectivity index (χ0n) is 26.6. The van der Waals surface area contributed by atoms with Crippen molar-refractivity contribution in [3.63, 3.8) is 0 Å². The highest BCUT2D eigenvalue weighted by atomic mass is 32.2. The first-order valence-electron chi connectivity index (χ1n) is 14.6. The maximum Gasteiger partial charge on any atom is 0.312 e. The summed E-state index contributed by atoms with van der Waals surface area (Å²) in [5, 5.41) is 15.1. The second-order valence-corrected chi connectivity index (χ2v) is 14.8. The van der Waals surface area contributed by atoms with Crippen molar-refractivity contribution in [3.05, 3.63) is 0 Å². The molecule has 0 aliphatic rings. The largest absolute Gasteiger partial charge is 0.481 e. The van der Waals surface area contributed by atoms with E-state index in [0.717, 1.165) is 0 Å². The van der Waals surface area contributed by atoms with E-state index in [2.05, 4.69) is 10.6 Å². The Hall–Kier alpha value is -1.55. The number of carbonyl (C=O) groups excluding carboxylic acids is 3. The number of methoxy groups -OCH3 is 3. The van der Waals surface area contributed by atoms with Crippen molar-refractivity contribution < 1.29 is 46.9 Å². The van der Waals surface area contributed by atoms with E-state index in [0.29, 0.717) is 55.4 Å². The number of carboxylic acid groups (broad SMARTS) is 1. The van der Waals surface area contributed by atoms with Crippen LogP contribution < -0.4 is 10.6 Å². The molecule has 3 N–H and O–H groups in total. The fraction of sp³-hybridized carbons (Fsp3) is 0.857. The molecular weight excluding hydrogens is 621 g/mol. The highest BCUT2D eigenvalue weighted by Crippen LogP contribution is 2.25. The van der Waals surface area contributed by atoms with Crippen molar-refractivity contribution in [2.24, 2.45) is 23.7 Å². The molecule has 0 rings (SSSR count). The predicted octanol–water partition coefficient (Wildman–Crippen LogP) is 2.10. The number of esters is 1. The highest BCUT2D eigenvalue weighted by Gasteiger charge is 2.39. The smallest absolute Gasteiger partial charge is 0.312 e. The Morgan fingerprint density at radius 1 is 0.744 bits per heavy atom. The number of aliphatic carboxylic acids is 1. The van der Waals surface area contributed by atoms with Gasteiger partial charge in [0.15, 0.2) is 9.84 Å². The second-order valence-electron chi connectivity index (χ2n) is 10.0. The molecule has 0 aromatic carbocycles. The van der Waals surface area contributed by atoms with E-state index < -0.39 is 57.7 Å². The summed E-state index contributed by atoms with van der Waals surface area (Å²) >= 11 is 2.82. The third-order valence-corrected chi connectivity index (χ3v) is 11.4. The Labute approximate surface area is 265 Å². The van der Waals surface area contributed by atoms with E-state index in [1.54, 1.807) is 13.8 Å². The molecular formula is C28H52N2O10S3. The van der Waals surface area contributed by atoms with Crippen LogP contribution >= 0.6 is 23.5 Å². The van der Waals surface area contributed by atoms with Gasteiger partial charge in [-0.05, 0) is 19.3 Å². The fourth-order valence-corrected chi connectivity index (χ4v) is 8.85. The van der Waals surface area contributed by atoms with E-state index >= 15 is 0 Å². The van der Waals surface area contributed by atoms with Crippen molar-refractivity contribution in [2.45, 2.75) is 59.2 Å². The molecule has 0 saturated carbocycles. The summed E-state index contributed by atoms with van der Waals surface area (Å²) < 4.78 is 40.3. The topological polar surface area (TPSA) is 174 Å². The lowest BCUT2D eigenvalue weighted by Crippen LogP contribution is -2.44. The Balaban J connectivity index is 4.38. The minimum absolute atomic E-state index is 0.0115. The van der Waals surface area contributed by atoms with Gasteiger partial charge in [-0.15, -0.1) is 0 Å². The monoisotopic (exact) mass is 672 g/mol. The lowest BCUT2D eigenvalue weighted by molar-refractivity contribution is -0.157. The molecule has 0 fully saturated rings. The van der Waals surface area contributed by atoms with Crippen LogP contribution in [0.15, 0.2) is 0 Å². The molecule has 2 amide bonds. The number of nitrogens with one attached hydrogen (secondary N) is 2. The molecule has 15 heteroatoms. The van der Waals surface area contributed by atoms with Crippen LogP contribution in [0, 0.1) is 23.7 Å².